The van der Waals surface area contributed by atoms with Crippen LogP contribution in [0.3, 0.4) is 0 Å². The molecule has 1 atom stereocenters. The predicted molar refractivity (Wildman–Crippen MR) is 91.0 cm³/mol. The van der Waals surface area contributed by atoms with Gasteiger partial charge in [-0.15, -0.1) is 0 Å². The Balaban J connectivity index is 2.48. The molecule has 1 aromatic rings. The third kappa shape index (κ3) is 6.58. The monoisotopic (exact) mass is 342 g/mol. The van der Waals surface area contributed by atoms with Crippen molar-refractivity contribution >= 4 is 15.9 Å². The largest absolute Gasteiger partial charge is 0.497 e. The van der Waals surface area contributed by atoms with E-state index >= 15 is 0 Å². The van der Waals surface area contributed by atoms with Crippen molar-refractivity contribution < 1.29 is 17.9 Å². The molecule has 130 valence electrons. The van der Waals surface area contributed by atoms with Gasteiger partial charge in [0.2, 0.25) is 15.9 Å². The molecule has 0 radical (unpaired) electrons. The average Bonchev–Trinajstić information content (AvgIpc) is 2.50. The minimum atomic E-state index is -3.27. The van der Waals surface area contributed by atoms with E-state index in [9.17, 15) is 13.2 Å². The molecule has 23 heavy (non-hydrogen) atoms. The predicted octanol–water partition coefficient (Wildman–Crippen LogP) is 1.41. The third-order valence-corrected chi connectivity index (χ3v) is 5.08. The summed E-state index contributed by atoms with van der Waals surface area (Å²) in [5.41, 5.74) is 0.880. The fraction of sp³-hybridized carbons (Fsp3) is 0.562. The fourth-order valence-corrected chi connectivity index (χ4v) is 3.44. The Morgan fingerprint density at radius 3 is 2.39 bits per heavy atom. The van der Waals surface area contributed by atoms with Crippen molar-refractivity contribution in [3.63, 3.8) is 0 Å². The number of sulfonamides is 1. The second-order valence-electron chi connectivity index (χ2n) is 5.51. The molecule has 0 aliphatic heterocycles. The van der Waals surface area contributed by atoms with Gasteiger partial charge < -0.3 is 10.1 Å². The molecule has 0 aliphatic rings. The van der Waals surface area contributed by atoms with Crippen LogP contribution in [-0.4, -0.2) is 51.1 Å². The minimum absolute atomic E-state index is 0.0801. The smallest absolute Gasteiger partial charge is 0.224 e. The first-order chi connectivity index (χ1) is 10.8. The molecule has 6 nitrogen and oxygen atoms in total. The normalized spacial score (nSPS) is 12.9. The number of hydrogen-bond donors (Lipinski definition) is 1. The second kappa shape index (κ2) is 8.88. The highest BCUT2D eigenvalue weighted by Gasteiger charge is 2.21. The van der Waals surface area contributed by atoms with E-state index in [0.29, 0.717) is 6.54 Å². The SMILES string of the molecule is CCC(C)N(CCNC(=O)Cc1ccc(OC)cc1)S(C)(=O)=O. The molecular formula is C16H26N2O4S. The van der Waals surface area contributed by atoms with Crippen molar-refractivity contribution in [2.24, 2.45) is 0 Å². The van der Waals surface area contributed by atoms with Gasteiger partial charge in [0.25, 0.3) is 0 Å². The minimum Gasteiger partial charge on any atom is -0.497 e. The molecule has 1 amide bonds. The number of carbonyl (C=O) groups is 1. The van der Waals surface area contributed by atoms with E-state index in [1.54, 1.807) is 19.2 Å². The Labute approximate surface area is 138 Å². The van der Waals surface area contributed by atoms with Gasteiger partial charge in [-0.25, -0.2) is 8.42 Å². The standard InChI is InChI=1S/C16H26N2O4S/c1-5-13(2)18(23(4,20)21)11-10-17-16(19)12-14-6-8-15(22-3)9-7-14/h6-9,13H,5,10-12H2,1-4H3,(H,17,19). The van der Waals surface area contributed by atoms with Gasteiger partial charge in [0.1, 0.15) is 5.75 Å². The highest BCUT2D eigenvalue weighted by molar-refractivity contribution is 7.88. The lowest BCUT2D eigenvalue weighted by Gasteiger charge is -2.25. The maximum Gasteiger partial charge on any atom is 0.224 e. The molecule has 1 unspecified atom stereocenters. The third-order valence-electron chi connectivity index (χ3n) is 3.69. The topological polar surface area (TPSA) is 75.7 Å². The first-order valence-corrected chi connectivity index (χ1v) is 9.49. The van der Waals surface area contributed by atoms with Crippen LogP contribution in [0.2, 0.25) is 0 Å². The van der Waals surface area contributed by atoms with E-state index in [-0.39, 0.29) is 24.9 Å². The lowest BCUT2D eigenvalue weighted by molar-refractivity contribution is -0.120. The molecule has 0 fully saturated rings. The van der Waals surface area contributed by atoms with Crippen LogP contribution in [0.25, 0.3) is 0 Å². The number of rotatable bonds is 9. The number of nitrogens with zero attached hydrogens (tertiary/aromatic N) is 1. The maximum absolute atomic E-state index is 11.9. The Hall–Kier alpha value is -1.60. The van der Waals surface area contributed by atoms with Gasteiger partial charge in [-0.1, -0.05) is 19.1 Å². The Morgan fingerprint density at radius 2 is 1.91 bits per heavy atom. The molecule has 0 aliphatic carbocycles. The summed E-state index contributed by atoms with van der Waals surface area (Å²) in [5.74, 6) is 0.610. The van der Waals surface area contributed by atoms with Crippen LogP contribution >= 0.6 is 0 Å². The van der Waals surface area contributed by atoms with Gasteiger partial charge in [0.05, 0.1) is 19.8 Å². The van der Waals surface area contributed by atoms with Gasteiger partial charge in [-0.05, 0) is 31.0 Å². The summed E-state index contributed by atoms with van der Waals surface area (Å²) in [4.78, 5) is 11.9. The summed E-state index contributed by atoms with van der Waals surface area (Å²) in [5, 5.41) is 2.76. The fourth-order valence-electron chi connectivity index (χ4n) is 2.21. The molecule has 1 rings (SSSR count). The Morgan fingerprint density at radius 1 is 1.30 bits per heavy atom. The Bertz CT molecular complexity index is 599. The van der Waals surface area contributed by atoms with Gasteiger partial charge in [0, 0.05) is 19.1 Å². The van der Waals surface area contributed by atoms with Gasteiger partial charge in [-0.3, -0.25) is 4.79 Å². The van der Waals surface area contributed by atoms with E-state index in [1.807, 2.05) is 26.0 Å². The van der Waals surface area contributed by atoms with Crippen LogP contribution in [0, 0.1) is 0 Å². The number of methoxy groups -OCH3 is 1. The molecule has 0 bridgehead atoms. The summed E-state index contributed by atoms with van der Waals surface area (Å²) in [6.45, 7) is 4.37. The van der Waals surface area contributed by atoms with Crippen LogP contribution < -0.4 is 10.1 Å². The van der Waals surface area contributed by atoms with E-state index in [4.69, 9.17) is 4.74 Å². The van der Waals surface area contributed by atoms with Crippen LogP contribution in [0.4, 0.5) is 0 Å². The van der Waals surface area contributed by atoms with Crippen molar-refractivity contribution in [2.75, 3.05) is 26.5 Å². The molecule has 7 heteroatoms. The van der Waals surface area contributed by atoms with Gasteiger partial charge in [-0.2, -0.15) is 4.31 Å². The first kappa shape index (κ1) is 19.4. The van der Waals surface area contributed by atoms with Crippen LogP contribution in [-0.2, 0) is 21.2 Å². The quantitative estimate of drug-likeness (QED) is 0.736. The van der Waals surface area contributed by atoms with E-state index in [0.717, 1.165) is 17.7 Å². The lowest BCUT2D eigenvalue weighted by Crippen LogP contribution is -2.43. The maximum atomic E-state index is 11.9. The van der Waals surface area contributed by atoms with Crippen molar-refractivity contribution in [3.05, 3.63) is 29.8 Å². The Kier molecular flexibility index (Phi) is 7.51. The molecular weight excluding hydrogens is 316 g/mol. The van der Waals surface area contributed by atoms with Crippen LogP contribution in [0.15, 0.2) is 24.3 Å². The summed E-state index contributed by atoms with van der Waals surface area (Å²) in [6.07, 6.45) is 2.18. The summed E-state index contributed by atoms with van der Waals surface area (Å²) in [7, 11) is -1.68. The molecule has 0 aromatic heterocycles. The van der Waals surface area contributed by atoms with E-state index < -0.39 is 10.0 Å². The molecule has 0 saturated carbocycles. The summed E-state index contributed by atoms with van der Waals surface area (Å²) >= 11 is 0. The molecule has 0 spiro atoms. The van der Waals surface area contributed by atoms with Crippen molar-refractivity contribution in [1.29, 1.82) is 0 Å². The first-order valence-electron chi connectivity index (χ1n) is 7.64. The lowest BCUT2D eigenvalue weighted by atomic mass is 10.1. The number of nitrogens with one attached hydrogen (secondary N) is 1. The van der Waals surface area contributed by atoms with Crippen molar-refractivity contribution in [1.82, 2.24) is 9.62 Å². The zero-order valence-corrected chi connectivity index (χ0v) is 15.0. The van der Waals surface area contributed by atoms with Gasteiger partial charge >= 0.3 is 0 Å². The molecule has 0 heterocycles. The number of ether oxygens (including phenoxy) is 1. The highest BCUT2D eigenvalue weighted by atomic mass is 32.2. The number of carbonyl (C=O) groups excluding carboxylic acids is 1. The zero-order chi connectivity index (χ0) is 17.5. The summed E-state index contributed by atoms with van der Waals surface area (Å²) in [6, 6.07) is 7.19. The second-order valence-corrected chi connectivity index (χ2v) is 7.44. The van der Waals surface area contributed by atoms with Crippen molar-refractivity contribution in [2.45, 2.75) is 32.7 Å². The van der Waals surface area contributed by atoms with Gasteiger partial charge in [0.15, 0.2) is 0 Å². The van der Waals surface area contributed by atoms with E-state index in [2.05, 4.69) is 5.32 Å². The van der Waals surface area contributed by atoms with E-state index in [1.165, 1.54) is 10.6 Å². The molecule has 1 N–H and O–H groups in total. The van der Waals surface area contributed by atoms with Crippen LogP contribution in [0.1, 0.15) is 25.8 Å². The summed E-state index contributed by atoms with van der Waals surface area (Å²) < 4.78 is 30.0. The zero-order valence-electron chi connectivity index (χ0n) is 14.2. The highest BCUT2D eigenvalue weighted by Crippen LogP contribution is 2.11. The molecule has 1 aromatic carbocycles. The van der Waals surface area contributed by atoms with Crippen LogP contribution in [0.5, 0.6) is 5.75 Å². The molecule has 0 saturated heterocycles. The average molecular weight is 342 g/mol. The number of hydrogen-bond acceptors (Lipinski definition) is 4. The number of amides is 1. The number of benzene rings is 1. The van der Waals surface area contributed by atoms with Crippen molar-refractivity contribution in [3.8, 4) is 5.75 Å².